The molecule has 0 saturated carbocycles. The fourth-order valence-corrected chi connectivity index (χ4v) is 5.88. The van der Waals surface area contributed by atoms with Crippen LogP contribution in [0.1, 0.15) is 38.1 Å². The van der Waals surface area contributed by atoms with Crippen LogP contribution in [-0.4, -0.2) is 41.6 Å². The average Bonchev–Trinajstić information content (AvgIpc) is 3.26. The average molecular weight is 517 g/mol. The second-order valence-electron chi connectivity index (χ2n) is 8.93. The van der Waals surface area contributed by atoms with Gasteiger partial charge in [0.15, 0.2) is 5.13 Å². The number of nitrogens with one attached hydrogen (secondary N) is 1. The highest BCUT2D eigenvalue weighted by atomic mass is 32.2. The van der Waals surface area contributed by atoms with Gasteiger partial charge in [-0.2, -0.15) is 4.31 Å². The molecule has 0 atom stereocenters. The number of carbonyl (C=O) groups is 1. The normalized spacial score (nSPS) is 11.9. The van der Waals surface area contributed by atoms with Gasteiger partial charge in [-0.05, 0) is 48.2 Å². The summed E-state index contributed by atoms with van der Waals surface area (Å²) in [6.45, 7) is 8.74. The van der Waals surface area contributed by atoms with E-state index in [9.17, 15) is 23.3 Å². The van der Waals surface area contributed by atoms with E-state index in [0.717, 1.165) is 0 Å². The first-order chi connectivity index (χ1) is 16.5. The van der Waals surface area contributed by atoms with Gasteiger partial charge in [-0.1, -0.05) is 27.7 Å². The van der Waals surface area contributed by atoms with Gasteiger partial charge in [0, 0.05) is 41.7 Å². The third-order valence-electron chi connectivity index (χ3n) is 4.99. The van der Waals surface area contributed by atoms with Crippen LogP contribution in [0.5, 0.6) is 0 Å². The lowest BCUT2D eigenvalue weighted by Crippen LogP contribution is -2.37. The summed E-state index contributed by atoms with van der Waals surface area (Å²) in [4.78, 5) is 27.5. The van der Waals surface area contributed by atoms with Crippen LogP contribution in [0.2, 0.25) is 0 Å². The SMILES string of the molecule is CC(C)CN(CC(C)C)S(=O)(=O)c1ccc(C(=O)Nc2nc(-c3ccc([N+](=O)[O-])cc3)cs2)cc1. The van der Waals surface area contributed by atoms with Gasteiger partial charge in [0.2, 0.25) is 10.0 Å². The molecule has 2 aromatic carbocycles. The number of aromatic nitrogens is 1. The lowest BCUT2D eigenvalue weighted by molar-refractivity contribution is -0.384. The smallest absolute Gasteiger partial charge is 0.269 e. The topological polar surface area (TPSA) is 123 Å². The summed E-state index contributed by atoms with van der Waals surface area (Å²) in [7, 11) is -3.68. The molecule has 1 aromatic heterocycles. The monoisotopic (exact) mass is 516 g/mol. The van der Waals surface area contributed by atoms with E-state index in [1.807, 2.05) is 27.7 Å². The fourth-order valence-electron chi connectivity index (χ4n) is 3.40. The molecular weight excluding hydrogens is 488 g/mol. The van der Waals surface area contributed by atoms with E-state index in [1.165, 1.54) is 52.0 Å². The molecule has 0 saturated heterocycles. The molecule has 0 radical (unpaired) electrons. The summed E-state index contributed by atoms with van der Waals surface area (Å²) >= 11 is 1.22. The highest BCUT2D eigenvalue weighted by Crippen LogP contribution is 2.27. The second kappa shape index (κ2) is 11.1. The van der Waals surface area contributed by atoms with Gasteiger partial charge >= 0.3 is 0 Å². The van der Waals surface area contributed by atoms with Gasteiger partial charge in [-0.3, -0.25) is 20.2 Å². The van der Waals surface area contributed by atoms with Crippen molar-refractivity contribution in [3.8, 4) is 11.3 Å². The van der Waals surface area contributed by atoms with Crippen molar-refractivity contribution in [3.63, 3.8) is 0 Å². The molecule has 1 amide bonds. The summed E-state index contributed by atoms with van der Waals surface area (Å²) in [6, 6.07) is 11.8. The molecule has 11 heteroatoms. The quantitative estimate of drug-likeness (QED) is 0.289. The zero-order valence-corrected chi connectivity index (χ0v) is 21.6. The Hall–Kier alpha value is -3.15. The van der Waals surface area contributed by atoms with Gasteiger partial charge in [0.25, 0.3) is 11.6 Å². The molecule has 186 valence electrons. The number of non-ortho nitro benzene ring substituents is 1. The molecule has 0 bridgehead atoms. The summed E-state index contributed by atoms with van der Waals surface area (Å²) in [5, 5.41) is 15.6. The number of sulfonamides is 1. The minimum atomic E-state index is -3.68. The summed E-state index contributed by atoms with van der Waals surface area (Å²) in [5.74, 6) is -0.0507. The fraction of sp³-hybridized carbons (Fsp3) is 0.333. The van der Waals surface area contributed by atoms with E-state index in [0.29, 0.717) is 35.0 Å². The molecule has 0 fully saturated rings. The van der Waals surface area contributed by atoms with Gasteiger partial charge in [0.1, 0.15) is 0 Å². The molecule has 1 heterocycles. The Kier molecular flexibility index (Phi) is 8.36. The number of carbonyl (C=O) groups excluding carboxylic acids is 1. The number of thiazole rings is 1. The maximum atomic E-state index is 13.2. The first-order valence-electron chi connectivity index (χ1n) is 11.1. The number of nitrogens with zero attached hydrogens (tertiary/aromatic N) is 3. The van der Waals surface area contributed by atoms with Crippen molar-refractivity contribution in [1.82, 2.24) is 9.29 Å². The van der Waals surface area contributed by atoms with Crippen molar-refractivity contribution in [2.24, 2.45) is 11.8 Å². The lowest BCUT2D eigenvalue weighted by atomic mass is 10.1. The number of hydrogen-bond donors (Lipinski definition) is 1. The number of nitro benzene ring substituents is 1. The molecule has 35 heavy (non-hydrogen) atoms. The van der Waals surface area contributed by atoms with E-state index in [1.54, 1.807) is 17.5 Å². The highest BCUT2D eigenvalue weighted by Gasteiger charge is 2.26. The zero-order chi connectivity index (χ0) is 25.8. The van der Waals surface area contributed by atoms with Crippen molar-refractivity contribution in [2.75, 3.05) is 18.4 Å². The van der Waals surface area contributed by atoms with Crippen LogP contribution < -0.4 is 5.32 Å². The second-order valence-corrected chi connectivity index (χ2v) is 11.7. The van der Waals surface area contributed by atoms with E-state index >= 15 is 0 Å². The van der Waals surface area contributed by atoms with Crippen LogP contribution in [-0.2, 0) is 10.0 Å². The Bertz CT molecular complexity index is 1270. The van der Waals surface area contributed by atoms with Gasteiger partial charge < -0.3 is 0 Å². The molecule has 0 aliphatic carbocycles. The number of amides is 1. The zero-order valence-electron chi connectivity index (χ0n) is 20.0. The van der Waals surface area contributed by atoms with E-state index in [2.05, 4.69) is 10.3 Å². The molecule has 0 aliphatic heterocycles. The van der Waals surface area contributed by atoms with Gasteiger partial charge in [-0.25, -0.2) is 13.4 Å². The molecule has 9 nitrogen and oxygen atoms in total. The Morgan fingerprint density at radius 1 is 1.03 bits per heavy atom. The minimum absolute atomic E-state index is 0.0144. The van der Waals surface area contributed by atoms with Crippen molar-refractivity contribution in [2.45, 2.75) is 32.6 Å². The minimum Gasteiger partial charge on any atom is -0.298 e. The predicted octanol–water partition coefficient (Wildman–Crippen LogP) is 5.27. The van der Waals surface area contributed by atoms with Crippen molar-refractivity contribution in [3.05, 3.63) is 69.6 Å². The third kappa shape index (κ3) is 6.71. The maximum absolute atomic E-state index is 13.2. The number of rotatable bonds is 10. The van der Waals surface area contributed by atoms with Crippen LogP contribution >= 0.6 is 11.3 Å². The Morgan fingerprint density at radius 2 is 1.60 bits per heavy atom. The number of hydrogen-bond acceptors (Lipinski definition) is 7. The summed E-state index contributed by atoms with van der Waals surface area (Å²) < 4.78 is 27.8. The molecule has 0 aliphatic rings. The predicted molar refractivity (Wildman–Crippen MR) is 137 cm³/mol. The molecular formula is C24H28N4O5S2. The van der Waals surface area contributed by atoms with E-state index < -0.39 is 20.9 Å². The third-order valence-corrected chi connectivity index (χ3v) is 7.59. The first-order valence-corrected chi connectivity index (χ1v) is 13.4. The highest BCUT2D eigenvalue weighted by molar-refractivity contribution is 7.89. The van der Waals surface area contributed by atoms with Gasteiger partial charge in [-0.15, -0.1) is 11.3 Å². The van der Waals surface area contributed by atoms with E-state index in [4.69, 9.17) is 0 Å². The number of anilines is 1. The first kappa shape index (κ1) is 26.5. The van der Waals surface area contributed by atoms with Crippen LogP contribution in [0.4, 0.5) is 10.8 Å². The lowest BCUT2D eigenvalue weighted by Gasteiger charge is -2.25. The largest absolute Gasteiger partial charge is 0.298 e. The van der Waals surface area contributed by atoms with Crippen molar-refractivity contribution >= 4 is 38.1 Å². The standard InChI is InChI=1S/C24H28N4O5S2/c1-16(2)13-27(14-17(3)4)35(32,33)21-11-7-19(8-12-21)23(29)26-24-25-22(15-34-24)18-5-9-20(10-6-18)28(30)31/h5-12,15-17H,13-14H2,1-4H3,(H,25,26,29). The molecule has 3 rings (SSSR count). The number of nitro groups is 1. The molecule has 3 aromatic rings. The number of benzene rings is 2. The van der Waals surface area contributed by atoms with Crippen molar-refractivity contribution < 1.29 is 18.1 Å². The molecule has 0 spiro atoms. The van der Waals surface area contributed by atoms with Crippen LogP contribution in [0.15, 0.2) is 58.8 Å². The summed E-state index contributed by atoms with van der Waals surface area (Å²) in [5.41, 5.74) is 1.56. The maximum Gasteiger partial charge on any atom is 0.269 e. The van der Waals surface area contributed by atoms with Crippen LogP contribution in [0.3, 0.4) is 0 Å². The van der Waals surface area contributed by atoms with Gasteiger partial charge in [0.05, 0.1) is 15.5 Å². The Labute approximate surface area is 209 Å². The van der Waals surface area contributed by atoms with Crippen LogP contribution in [0, 0.1) is 22.0 Å². The molecule has 0 unspecified atom stereocenters. The molecule has 1 N–H and O–H groups in total. The van der Waals surface area contributed by atoms with Crippen molar-refractivity contribution in [1.29, 1.82) is 0 Å². The van der Waals surface area contributed by atoms with Crippen LogP contribution in [0.25, 0.3) is 11.3 Å². The van der Waals surface area contributed by atoms with E-state index in [-0.39, 0.29) is 22.4 Å². The summed E-state index contributed by atoms with van der Waals surface area (Å²) in [6.07, 6.45) is 0. The Morgan fingerprint density at radius 3 is 2.11 bits per heavy atom. The Balaban J connectivity index is 1.72.